The lowest BCUT2D eigenvalue weighted by atomic mass is 10.1. The Morgan fingerprint density at radius 2 is 1.88 bits per heavy atom. The number of ether oxygens (including phenoxy) is 2. The highest BCUT2D eigenvalue weighted by Crippen LogP contribution is 2.38. The molecular formula is C18H20ClF3N2O2. The summed E-state index contributed by atoms with van der Waals surface area (Å²) in [6, 6.07) is 3.21. The Balaban J connectivity index is 2.35. The normalized spacial score (nSPS) is 11.5. The van der Waals surface area contributed by atoms with Gasteiger partial charge in [0.25, 0.3) is 5.88 Å². The third-order valence-electron chi connectivity index (χ3n) is 3.77. The molecule has 0 saturated heterocycles. The van der Waals surface area contributed by atoms with Gasteiger partial charge >= 0.3 is 6.18 Å². The summed E-state index contributed by atoms with van der Waals surface area (Å²) in [5.41, 5.74) is 0.412. The maximum absolute atomic E-state index is 12.9. The van der Waals surface area contributed by atoms with Crippen molar-refractivity contribution in [1.82, 2.24) is 9.97 Å². The molecule has 1 aromatic heterocycles. The molecule has 0 fully saturated rings. The molecule has 0 bridgehead atoms. The molecule has 0 N–H and O–H groups in total. The van der Waals surface area contributed by atoms with Gasteiger partial charge in [0, 0.05) is 5.56 Å². The van der Waals surface area contributed by atoms with Crippen molar-refractivity contribution in [2.24, 2.45) is 0 Å². The van der Waals surface area contributed by atoms with Gasteiger partial charge in [-0.25, -0.2) is 9.97 Å². The van der Waals surface area contributed by atoms with E-state index in [0.29, 0.717) is 23.6 Å². The number of unbranched alkanes of at least 4 members (excludes halogenated alkanes) is 2. The van der Waals surface area contributed by atoms with Gasteiger partial charge in [0.05, 0.1) is 30.7 Å². The largest absolute Gasteiger partial charge is 0.496 e. The number of rotatable bonds is 7. The molecule has 0 aliphatic heterocycles. The second-order valence-electron chi connectivity index (χ2n) is 5.72. The Hall–Kier alpha value is -2.02. The first-order chi connectivity index (χ1) is 12.3. The van der Waals surface area contributed by atoms with E-state index in [2.05, 4.69) is 16.9 Å². The van der Waals surface area contributed by atoms with E-state index in [1.54, 1.807) is 6.92 Å². The summed E-state index contributed by atoms with van der Waals surface area (Å²) in [6.45, 7) is 4.25. The van der Waals surface area contributed by atoms with E-state index in [1.807, 2.05) is 0 Å². The van der Waals surface area contributed by atoms with Gasteiger partial charge < -0.3 is 9.47 Å². The molecule has 0 amide bonds. The molecule has 8 heteroatoms. The summed E-state index contributed by atoms with van der Waals surface area (Å²) in [7, 11) is 1.30. The van der Waals surface area contributed by atoms with Crippen LogP contribution in [-0.2, 0) is 6.18 Å². The quantitative estimate of drug-likeness (QED) is 0.570. The van der Waals surface area contributed by atoms with Gasteiger partial charge in [-0.2, -0.15) is 13.2 Å². The number of halogens is 4. The van der Waals surface area contributed by atoms with Crippen LogP contribution in [0.15, 0.2) is 18.2 Å². The van der Waals surface area contributed by atoms with Gasteiger partial charge in [-0.1, -0.05) is 31.4 Å². The van der Waals surface area contributed by atoms with Crippen molar-refractivity contribution in [3.8, 4) is 22.9 Å². The number of alkyl halides is 3. The second-order valence-corrected chi connectivity index (χ2v) is 6.08. The minimum Gasteiger partial charge on any atom is -0.496 e. The molecule has 1 heterocycles. The van der Waals surface area contributed by atoms with Gasteiger partial charge in [-0.05, 0) is 31.5 Å². The molecule has 0 atom stereocenters. The van der Waals surface area contributed by atoms with Crippen molar-refractivity contribution in [3.63, 3.8) is 0 Å². The molecule has 1 aromatic carbocycles. The fourth-order valence-electron chi connectivity index (χ4n) is 2.41. The van der Waals surface area contributed by atoms with Crippen LogP contribution in [-0.4, -0.2) is 23.7 Å². The van der Waals surface area contributed by atoms with Gasteiger partial charge in [0.1, 0.15) is 5.75 Å². The Morgan fingerprint density at radius 3 is 2.50 bits per heavy atom. The van der Waals surface area contributed by atoms with Gasteiger partial charge in [0.15, 0.2) is 5.15 Å². The summed E-state index contributed by atoms with van der Waals surface area (Å²) in [5.74, 6) is 0.264. The van der Waals surface area contributed by atoms with Crippen molar-refractivity contribution in [2.45, 2.75) is 39.3 Å². The van der Waals surface area contributed by atoms with E-state index in [0.717, 1.165) is 31.4 Å². The van der Waals surface area contributed by atoms with Crippen LogP contribution in [0.25, 0.3) is 11.3 Å². The van der Waals surface area contributed by atoms with Crippen molar-refractivity contribution in [1.29, 1.82) is 0 Å². The first-order valence-corrected chi connectivity index (χ1v) is 8.58. The summed E-state index contributed by atoms with van der Waals surface area (Å²) >= 11 is 6.14. The molecular weight excluding hydrogens is 369 g/mol. The topological polar surface area (TPSA) is 44.2 Å². The van der Waals surface area contributed by atoms with Crippen LogP contribution < -0.4 is 9.47 Å². The lowest BCUT2D eigenvalue weighted by Crippen LogP contribution is -2.06. The number of nitrogens with zero attached hydrogens (tertiary/aromatic N) is 2. The lowest BCUT2D eigenvalue weighted by Gasteiger charge is -2.14. The maximum atomic E-state index is 12.9. The summed E-state index contributed by atoms with van der Waals surface area (Å²) in [5, 5.41) is 0.0593. The third-order valence-corrected chi connectivity index (χ3v) is 4.02. The highest BCUT2D eigenvalue weighted by Gasteiger charge is 2.31. The average Bonchev–Trinajstić information content (AvgIpc) is 2.60. The second kappa shape index (κ2) is 8.58. The molecule has 0 spiro atoms. The molecule has 4 nitrogen and oxygen atoms in total. The lowest BCUT2D eigenvalue weighted by molar-refractivity contribution is -0.137. The zero-order valence-electron chi connectivity index (χ0n) is 14.8. The Bertz CT molecular complexity index is 767. The fourth-order valence-corrected chi connectivity index (χ4v) is 2.59. The molecule has 2 aromatic rings. The van der Waals surface area contributed by atoms with E-state index >= 15 is 0 Å². The smallest absolute Gasteiger partial charge is 0.416 e. The van der Waals surface area contributed by atoms with Crippen LogP contribution in [0.4, 0.5) is 13.2 Å². The summed E-state index contributed by atoms with van der Waals surface area (Å²) in [6.07, 6.45) is -1.48. The van der Waals surface area contributed by atoms with Crippen LogP contribution in [0, 0.1) is 6.92 Å². The van der Waals surface area contributed by atoms with Crippen LogP contribution in [0.5, 0.6) is 11.6 Å². The van der Waals surface area contributed by atoms with Gasteiger partial charge in [-0.3, -0.25) is 0 Å². The zero-order chi connectivity index (χ0) is 19.3. The zero-order valence-corrected chi connectivity index (χ0v) is 15.5. The Labute approximate surface area is 155 Å². The fraction of sp³-hybridized carbons (Fsp3) is 0.444. The van der Waals surface area contributed by atoms with E-state index in [-0.39, 0.29) is 16.8 Å². The number of aryl methyl sites for hydroxylation is 1. The van der Waals surface area contributed by atoms with Crippen molar-refractivity contribution < 1.29 is 22.6 Å². The molecule has 26 heavy (non-hydrogen) atoms. The highest BCUT2D eigenvalue weighted by molar-refractivity contribution is 6.30. The summed E-state index contributed by atoms with van der Waals surface area (Å²) in [4.78, 5) is 8.56. The van der Waals surface area contributed by atoms with E-state index < -0.39 is 11.7 Å². The van der Waals surface area contributed by atoms with E-state index in [4.69, 9.17) is 21.1 Å². The first-order valence-electron chi connectivity index (χ1n) is 8.20. The molecule has 0 unspecified atom stereocenters. The average molecular weight is 389 g/mol. The van der Waals surface area contributed by atoms with Gasteiger partial charge in [-0.15, -0.1) is 0 Å². The van der Waals surface area contributed by atoms with Crippen LogP contribution >= 0.6 is 11.6 Å². The predicted molar refractivity (Wildman–Crippen MR) is 93.8 cm³/mol. The first kappa shape index (κ1) is 20.3. The van der Waals surface area contributed by atoms with Gasteiger partial charge in [0.2, 0.25) is 0 Å². The van der Waals surface area contributed by atoms with Crippen molar-refractivity contribution in [3.05, 3.63) is 34.6 Å². The molecule has 142 valence electrons. The SMILES string of the molecule is CCCCCOc1nc(C)c(-c2ccc(C(F)(F)F)cc2OC)nc1Cl. The molecule has 2 rings (SSSR count). The minimum atomic E-state index is -4.46. The number of methoxy groups -OCH3 is 1. The number of hydrogen-bond acceptors (Lipinski definition) is 4. The summed E-state index contributed by atoms with van der Waals surface area (Å²) < 4.78 is 49.3. The van der Waals surface area contributed by atoms with E-state index in [1.165, 1.54) is 13.2 Å². The standard InChI is InChI=1S/C18H20ClF3N2O2/c1-4-5-6-9-26-17-16(19)24-15(11(2)23-17)13-8-7-12(18(20,21)22)10-14(13)25-3/h7-8,10H,4-6,9H2,1-3H3. The molecule has 0 saturated carbocycles. The third kappa shape index (κ3) is 4.78. The molecule has 0 aliphatic carbocycles. The molecule has 0 aliphatic rings. The maximum Gasteiger partial charge on any atom is 0.416 e. The monoisotopic (exact) mass is 388 g/mol. The van der Waals surface area contributed by atoms with Crippen LogP contribution in [0.2, 0.25) is 5.15 Å². The minimum absolute atomic E-state index is 0.0462. The number of aromatic nitrogens is 2. The predicted octanol–water partition coefficient (Wildman–Crippen LogP) is 5.70. The number of benzene rings is 1. The Morgan fingerprint density at radius 1 is 1.15 bits per heavy atom. The van der Waals surface area contributed by atoms with Crippen LogP contribution in [0.3, 0.4) is 0 Å². The van der Waals surface area contributed by atoms with Crippen LogP contribution in [0.1, 0.15) is 37.4 Å². The van der Waals surface area contributed by atoms with E-state index in [9.17, 15) is 13.2 Å². The Kier molecular flexibility index (Phi) is 6.69. The number of hydrogen-bond donors (Lipinski definition) is 0. The highest BCUT2D eigenvalue weighted by atomic mass is 35.5. The van der Waals surface area contributed by atoms with Crippen molar-refractivity contribution >= 4 is 11.6 Å². The molecule has 0 radical (unpaired) electrons. The van der Waals surface area contributed by atoms with Crippen molar-refractivity contribution in [2.75, 3.05) is 13.7 Å².